The lowest BCUT2D eigenvalue weighted by molar-refractivity contribution is -0.115. The van der Waals surface area contributed by atoms with Crippen LogP contribution in [0.4, 0.5) is 11.4 Å². The number of amides is 1. The first-order valence-corrected chi connectivity index (χ1v) is 11.2. The van der Waals surface area contributed by atoms with Crippen molar-refractivity contribution in [1.82, 2.24) is 9.88 Å². The summed E-state index contributed by atoms with van der Waals surface area (Å²) in [6.45, 7) is 4.30. The van der Waals surface area contributed by atoms with Crippen molar-refractivity contribution in [2.45, 2.75) is 24.8 Å². The van der Waals surface area contributed by atoms with Crippen molar-refractivity contribution in [2.75, 3.05) is 43.0 Å². The van der Waals surface area contributed by atoms with Crippen LogP contribution in [-0.4, -0.2) is 54.6 Å². The summed E-state index contributed by atoms with van der Waals surface area (Å²) in [4.78, 5) is 21.5. The van der Waals surface area contributed by atoms with E-state index in [1.807, 2.05) is 30.5 Å². The molecule has 1 unspecified atom stereocenters. The third-order valence-electron chi connectivity index (χ3n) is 6.87. The van der Waals surface area contributed by atoms with Crippen LogP contribution in [0.1, 0.15) is 24.3 Å². The monoisotopic (exact) mass is 414 g/mol. The van der Waals surface area contributed by atoms with E-state index < -0.39 is 0 Å². The molecule has 1 amide bonds. The van der Waals surface area contributed by atoms with E-state index in [0.717, 1.165) is 54.8 Å². The zero-order valence-electron chi connectivity index (χ0n) is 17.5. The molecule has 3 aliphatic heterocycles. The molecule has 0 spiro atoms. The molecule has 0 aliphatic carbocycles. The number of aromatic nitrogens is 1. The van der Waals surface area contributed by atoms with E-state index in [1.165, 1.54) is 11.3 Å². The number of carbonyl (C=O) groups is 1. The molecule has 1 aromatic heterocycles. The van der Waals surface area contributed by atoms with E-state index in [4.69, 9.17) is 4.74 Å². The van der Waals surface area contributed by atoms with Gasteiger partial charge in [-0.1, -0.05) is 30.3 Å². The molecule has 6 rings (SSSR count). The fourth-order valence-electron chi connectivity index (χ4n) is 5.54. The number of piperidine rings is 1. The molecule has 6 nitrogen and oxygen atoms in total. The summed E-state index contributed by atoms with van der Waals surface area (Å²) in [7, 11) is 0. The highest BCUT2D eigenvalue weighted by atomic mass is 16.5. The third kappa shape index (κ3) is 3.22. The fourth-order valence-corrected chi connectivity index (χ4v) is 5.54. The van der Waals surface area contributed by atoms with Crippen LogP contribution in [-0.2, 0) is 4.79 Å². The molecule has 2 atom stereocenters. The second kappa shape index (κ2) is 7.54. The second-order valence-electron chi connectivity index (χ2n) is 8.72. The maximum atomic E-state index is 12.1. The molecule has 1 N–H and O–H groups in total. The zero-order valence-corrected chi connectivity index (χ0v) is 17.5. The average Bonchev–Trinajstić information content (AvgIpc) is 3.11. The largest absolute Gasteiger partial charge is 0.491 e. The van der Waals surface area contributed by atoms with Crippen molar-refractivity contribution in [1.29, 1.82) is 0 Å². The minimum atomic E-state index is 0.104. The molecule has 31 heavy (non-hydrogen) atoms. The van der Waals surface area contributed by atoms with E-state index in [-0.39, 0.29) is 5.91 Å². The maximum absolute atomic E-state index is 12.1. The number of likely N-dealkylation sites (tertiary alicyclic amines) is 1. The van der Waals surface area contributed by atoms with E-state index >= 15 is 0 Å². The average molecular weight is 415 g/mol. The lowest BCUT2D eigenvalue weighted by atomic mass is 9.89. The molecular weight excluding hydrogens is 388 g/mol. The molecule has 1 saturated heterocycles. The molecule has 0 radical (unpaired) electrons. The van der Waals surface area contributed by atoms with E-state index in [1.54, 1.807) is 0 Å². The number of anilines is 2. The summed E-state index contributed by atoms with van der Waals surface area (Å²) >= 11 is 0. The van der Waals surface area contributed by atoms with Crippen LogP contribution in [0.25, 0.3) is 10.9 Å². The van der Waals surface area contributed by atoms with Gasteiger partial charge in [0.25, 0.3) is 0 Å². The van der Waals surface area contributed by atoms with Crippen LogP contribution < -0.4 is 15.0 Å². The predicted molar refractivity (Wildman–Crippen MR) is 122 cm³/mol. The molecule has 4 heterocycles. The van der Waals surface area contributed by atoms with Crippen LogP contribution in [0.3, 0.4) is 0 Å². The smallest absolute Gasteiger partial charge is 0.243 e. The van der Waals surface area contributed by atoms with Crippen LogP contribution in [0, 0.1) is 0 Å². The highest BCUT2D eigenvalue weighted by Crippen LogP contribution is 2.49. The highest BCUT2D eigenvalue weighted by Gasteiger charge is 2.44. The van der Waals surface area contributed by atoms with Gasteiger partial charge in [-0.15, -0.1) is 0 Å². The molecule has 3 aromatic rings. The van der Waals surface area contributed by atoms with Gasteiger partial charge < -0.3 is 19.9 Å². The summed E-state index contributed by atoms with van der Waals surface area (Å²) in [6.07, 6.45) is 3.89. The van der Waals surface area contributed by atoms with Gasteiger partial charge in [-0.3, -0.25) is 9.78 Å². The van der Waals surface area contributed by atoms with Gasteiger partial charge in [-0.25, -0.2) is 0 Å². The van der Waals surface area contributed by atoms with Crippen LogP contribution >= 0.6 is 0 Å². The Morgan fingerprint density at radius 3 is 3.00 bits per heavy atom. The van der Waals surface area contributed by atoms with Gasteiger partial charge in [-0.05, 0) is 36.6 Å². The molecule has 1 fully saturated rings. The number of carbonyl (C=O) groups excluding carboxylic acids is 1. The van der Waals surface area contributed by atoms with Crippen molar-refractivity contribution in [3.05, 3.63) is 60.3 Å². The molecule has 2 aromatic carbocycles. The Morgan fingerprint density at radius 2 is 2.03 bits per heavy atom. The number of benzene rings is 2. The number of nitrogens with zero attached hydrogens (tertiary/aromatic N) is 3. The van der Waals surface area contributed by atoms with Crippen LogP contribution in [0.5, 0.6) is 5.75 Å². The number of ether oxygens (including phenoxy) is 1. The number of rotatable bonds is 5. The Hall–Kier alpha value is -3.12. The van der Waals surface area contributed by atoms with E-state index in [2.05, 4.69) is 44.4 Å². The van der Waals surface area contributed by atoms with Crippen molar-refractivity contribution in [2.24, 2.45) is 0 Å². The van der Waals surface area contributed by atoms with E-state index in [9.17, 15) is 4.79 Å². The highest BCUT2D eigenvalue weighted by molar-refractivity contribution is 6.03. The predicted octanol–water partition coefficient (Wildman–Crippen LogP) is 3.63. The molecule has 158 valence electrons. The summed E-state index contributed by atoms with van der Waals surface area (Å²) in [6, 6.07) is 16.9. The van der Waals surface area contributed by atoms with Gasteiger partial charge in [0.05, 0.1) is 24.5 Å². The SMILES string of the molecule is O=C1CN2c3c(cccc3C3CN(CCCOc4cccc5cccnc45)CC[C@@H]32)N1. The third-order valence-corrected chi connectivity index (χ3v) is 6.87. The minimum absolute atomic E-state index is 0.104. The first-order valence-electron chi connectivity index (χ1n) is 11.2. The number of hydrogen-bond acceptors (Lipinski definition) is 5. The first kappa shape index (κ1) is 18.6. The molecule has 6 heteroatoms. The Morgan fingerprint density at radius 1 is 1.13 bits per heavy atom. The van der Waals surface area contributed by atoms with Crippen LogP contribution in [0.2, 0.25) is 0 Å². The molecule has 0 saturated carbocycles. The maximum Gasteiger partial charge on any atom is 0.243 e. The van der Waals surface area contributed by atoms with Gasteiger partial charge in [-0.2, -0.15) is 0 Å². The summed E-state index contributed by atoms with van der Waals surface area (Å²) < 4.78 is 6.08. The number of fused-ring (bicyclic) bond motifs is 4. The number of hydrogen-bond donors (Lipinski definition) is 1. The lowest BCUT2D eigenvalue weighted by Gasteiger charge is -2.39. The minimum Gasteiger partial charge on any atom is -0.491 e. The summed E-state index contributed by atoms with van der Waals surface area (Å²) in [5.74, 6) is 1.44. The van der Waals surface area contributed by atoms with E-state index in [0.29, 0.717) is 25.1 Å². The molecule has 3 aliphatic rings. The van der Waals surface area contributed by atoms with Crippen LogP contribution in [0.15, 0.2) is 54.7 Å². The fraction of sp³-hybridized carbons (Fsp3) is 0.360. The summed E-state index contributed by atoms with van der Waals surface area (Å²) in [5, 5.41) is 4.15. The van der Waals surface area contributed by atoms with Gasteiger partial charge >= 0.3 is 0 Å². The van der Waals surface area contributed by atoms with Crippen molar-refractivity contribution in [3.63, 3.8) is 0 Å². The zero-order chi connectivity index (χ0) is 20.8. The van der Waals surface area contributed by atoms with Gasteiger partial charge in [0.2, 0.25) is 5.91 Å². The second-order valence-corrected chi connectivity index (χ2v) is 8.72. The Labute approximate surface area is 181 Å². The number of nitrogens with one attached hydrogen (secondary N) is 1. The number of pyridine rings is 1. The Kier molecular flexibility index (Phi) is 4.53. The van der Waals surface area contributed by atoms with Crippen molar-refractivity contribution in [3.8, 4) is 5.75 Å². The normalized spacial score (nSPS) is 22.2. The van der Waals surface area contributed by atoms with Gasteiger partial charge in [0.15, 0.2) is 0 Å². The first-order chi connectivity index (χ1) is 15.3. The lowest BCUT2D eigenvalue weighted by Crippen LogP contribution is -2.49. The van der Waals surface area contributed by atoms with Crippen molar-refractivity contribution >= 4 is 28.2 Å². The topological polar surface area (TPSA) is 57.7 Å². The standard InChI is InChI=1S/C25H26N4O2/c30-23-16-29-21-10-13-28(15-19(21)18-7-2-8-20(27-23)25(18)29)12-4-14-31-22-9-1-5-17-6-3-11-26-24(17)22/h1-3,5-9,11,19,21H,4,10,12-16H2,(H,27,30)/t19?,21-/m0/s1. The Balaban J connectivity index is 1.09. The molecular formula is C25H26N4O2. The van der Waals surface area contributed by atoms with Gasteiger partial charge in [0.1, 0.15) is 11.3 Å². The number of para-hydroxylation sites is 2. The quantitative estimate of drug-likeness (QED) is 0.646. The summed E-state index contributed by atoms with van der Waals surface area (Å²) in [5.41, 5.74) is 4.56. The molecule has 0 bridgehead atoms. The Bertz CT molecular complexity index is 1140. The van der Waals surface area contributed by atoms with Crippen molar-refractivity contribution < 1.29 is 9.53 Å². The van der Waals surface area contributed by atoms with Gasteiger partial charge in [0, 0.05) is 43.2 Å².